The molecule has 0 aromatic rings. The Bertz CT molecular complexity index is 307. The van der Waals surface area contributed by atoms with Gasteiger partial charge in [0.25, 0.3) is 0 Å². The molecule has 2 aliphatic rings. The van der Waals surface area contributed by atoms with Gasteiger partial charge in [0.2, 0.25) is 0 Å². The zero-order valence-electron chi connectivity index (χ0n) is 9.58. The molecule has 0 aromatic heterocycles. The molecule has 2 rings (SSSR count). The number of carboxylic acid groups (broad SMARTS) is 1. The van der Waals surface area contributed by atoms with Crippen LogP contribution in [0.3, 0.4) is 0 Å². The number of fused-ring (bicyclic) bond motifs is 1. The highest BCUT2D eigenvalue weighted by atomic mass is 35.5. The third kappa shape index (κ3) is 1.65. The van der Waals surface area contributed by atoms with Crippen molar-refractivity contribution in [1.82, 2.24) is 0 Å². The van der Waals surface area contributed by atoms with Crippen molar-refractivity contribution in [1.29, 1.82) is 0 Å². The van der Waals surface area contributed by atoms with Crippen LogP contribution >= 0.6 is 11.6 Å². The van der Waals surface area contributed by atoms with Crippen LogP contribution < -0.4 is 0 Å². The second-order valence-electron chi connectivity index (χ2n) is 5.62. The molecule has 0 radical (unpaired) electrons. The summed E-state index contributed by atoms with van der Waals surface area (Å²) in [6.45, 7) is 2.06. The minimum Gasteiger partial charge on any atom is -0.481 e. The van der Waals surface area contributed by atoms with E-state index in [2.05, 4.69) is 6.92 Å². The Balaban J connectivity index is 2.26. The van der Waals surface area contributed by atoms with Crippen LogP contribution in [0.25, 0.3) is 0 Å². The maximum absolute atomic E-state index is 11.0. The van der Waals surface area contributed by atoms with E-state index >= 15 is 0 Å². The fraction of sp³-hybridized carbons (Fsp3) is 0.917. The fourth-order valence-electron chi connectivity index (χ4n) is 3.40. The fourth-order valence-corrected chi connectivity index (χ4v) is 3.91. The Hall–Kier alpha value is -0.280. The van der Waals surface area contributed by atoms with E-state index in [9.17, 15) is 9.90 Å². The van der Waals surface area contributed by atoms with Crippen LogP contribution in [0.4, 0.5) is 0 Å². The van der Waals surface area contributed by atoms with Crippen molar-refractivity contribution in [3.8, 4) is 0 Å². The van der Waals surface area contributed by atoms with Gasteiger partial charge < -0.3 is 10.2 Å². The molecule has 0 saturated heterocycles. The quantitative estimate of drug-likeness (QED) is 0.699. The van der Waals surface area contributed by atoms with Crippen molar-refractivity contribution in [3.05, 3.63) is 0 Å². The number of carbonyl (C=O) groups is 1. The summed E-state index contributed by atoms with van der Waals surface area (Å²) < 4.78 is 0. The summed E-state index contributed by atoms with van der Waals surface area (Å²) in [4.78, 5) is 11.0. The van der Waals surface area contributed by atoms with Crippen molar-refractivity contribution in [3.63, 3.8) is 0 Å². The van der Waals surface area contributed by atoms with E-state index in [1.165, 1.54) is 0 Å². The highest BCUT2D eigenvalue weighted by Gasteiger charge is 2.57. The van der Waals surface area contributed by atoms with Crippen LogP contribution in [-0.2, 0) is 4.79 Å². The van der Waals surface area contributed by atoms with Gasteiger partial charge >= 0.3 is 5.97 Å². The van der Waals surface area contributed by atoms with Gasteiger partial charge in [-0.05, 0) is 37.5 Å². The topological polar surface area (TPSA) is 57.5 Å². The van der Waals surface area contributed by atoms with Crippen molar-refractivity contribution >= 4 is 17.6 Å². The van der Waals surface area contributed by atoms with Crippen molar-refractivity contribution in [2.45, 2.75) is 56.4 Å². The van der Waals surface area contributed by atoms with Crippen LogP contribution in [-0.4, -0.2) is 27.2 Å². The first-order valence-electron chi connectivity index (χ1n) is 5.98. The zero-order chi connectivity index (χ0) is 12.0. The van der Waals surface area contributed by atoms with Gasteiger partial charge in [0.15, 0.2) is 0 Å². The van der Waals surface area contributed by atoms with E-state index in [1.807, 2.05) is 0 Å². The Kier molecular flexibility index (Phi) is 2.96. The number of alkyl halides is 1. The van der Waals surface area contributed by atoms with E-state index in [0.717, 1.165) is 25.7 Å². The van der Waals surface area contributed by atoms with Crippen molar-refractivity contribution in [2.75, 3.05) is 0 Å². The van der Waals surface area contributed by atoms with Gasteiger partial charge in [0.1, 0.15) is 0 Å². The van der Waals surface area contributed by atoms with Crippen LogP contribution in [0.15, 0.2) is 0 Å². The number of aliphatic hydroxyl groups is 1. The molecule has 2 aliphatic carbocycles. The van der Waals surface area contributed by atoms with Crippen LogP contribution in [0.2, 0.25) is 0 Å². The van der Waals surface area contributed by atoms with E-state index in [0.29, 0.717) is 12.8 Å². The van der Waals surface area contributed by atoms with Gasteiger partial charge in [-0.2, -0.15) is 0 Å². The molecule has 0 spiro atoms. The molecule has 0 aliphatic heterocycles. The lowest BCUT2D eigenvalue weighted by Gasteiger charge is -2.55. The first kappa shape index (κ1) is 12.2. The van der Waals surface area contributed by atoms with Gasteiger partial charge in [0, 0.05) is 0 Å². The summed E-state index contributed by atoms with van der Waals surface area (Å²) in [5.74, 6) is -1.23. The summed E-state index contributed by atoms with van der Waals surface area (Å²) >= 11 is 6.25. The minimum atomic E-state index is -0.992. The molecule has 2 saturated carbocycles. The highest BCUT2D eigenvalue weighted by molar-refractivity contribution is 6.21. The lowest BCUT2D eigenvalue weighted by molar-refractivity contribution is -0.165. The number of carboxylic acids is 1. The molecule has 0 heterocycles. The van der Waals surface area contributed by atoms with E-state index in [-0.39, 0.29) is 10.8 Å². The lowest BCUT2D eigenvalue weighted by atomic mass is 9.55. The molecule has 16 heavy (non-hydrogen) atoms. The largest absolute Gasteiger partial charge is 0.481 e. The Morgan fingerprint density at radius 1 is 1.38 bits per heavy atom. The summed E-state index contributed by atoms with van der Waals surface area (Å²) in [5.41, 5.74) is -1.18. The molecule has 2 N–H and O–H groups in total. The van der Waals surface area contributed by atoms with Crippen LogP contribution in [0.1, 0.15) is 45.4 Å². The predicted octanol–water partition coefficient (Wildman–Crippen LogP) is 2.40. The molecule has 0 unspecified atom stereocenters. The summed E-state index contributed by atoms with van der Waals surface area (Å²) in [5, 5.41) is 19.5. The molecule has 2 fully saturated rings. The first-order valence-corrected chi connectivity index (χ1v) is 6.42. The van der Waals surface area contributed by atoms with Crippen LogP contribution in [0, 0.1) is 11.3 Å². The lowest BCUT2D eigenvalue weighted by Crippen LogP contribution is -2.59. The normalized spacial score (nSPS) is 48.4. The predicted molar refractivity (Wildman–Crippen MR) is 61.5 cm³/mol. The third-order valence-corrected chi connectivity index (χ3v) is 5.28. The third-order valence-electron chi connectivity index (χ3n) is 4.70. The molecule has 4 heteroatoms. The monoisotopic (exact) mass is 246 g/mol. The number of hydrogen-bond donors (Lipinski definition) is 2. The maximum atomic E-state index is 11.0. The Morgan fingerprint density at radius 2 is 2.06 bits per heavy atom. The second-order valence-corrected chi connectivity index (χ2v) is 6.15. The number of hydrogen-bond acceptors (Lipinski definition) is 2. The Morgan fingerprint density at radius 3 is 2.69 bits per heavy atom. The molecular weight excluding hydrogens is 228 g/mol. The maximum Gasteiger partial charge on any atom is 0.306 e. The van der Waals surface area contributed by atoms with E-state index in [4.69, 9.17) is 16.7 Å². The van der Waals surface area contributed by atoms with Gasteiger partial charge in [-0.15, -0.1) is 11.6 Å². The molecular formula is C12H19ClO3. The van der Waals surface area contributed by atoms with Gasteiger partial charge in [0.05, 0.1) is 16.9 Å². The molecule has 0 amide bonds. The molecule has 0 aromatic carbocycles. The average molecular weight is 247 g/mol. The number of aliphatic carboxylic acids is 1. The van der Waals surface area contributed by atoms with E-state index < -0.39 is 17.5 Å². The second kappa shape index (κ2) is 3.88. The number of rotatable bonds is 1. The van der Waals surface area contributed by atoms with Gasteiger partial charge in [-0.1, -0.05) is 13.3 Å². The number of halogens is 1. The molecule has 92 valence electrons. The van der Waals surface area contributed by atoms with Gasteiger partial charge in [-0.25, -0.2) is 0 Å². The molecule has 0 bridgehead atoms. The SMILES string of the molecule is C[C@]12CCC[C@H](Cl)[C@@]1(O)C[C@H](C(=O)O)CC2. The zero-order valence-corrected chi connectivity index (χ0v) is 10.3. The highest BCUT2D eigenvalue weighted by Crippen LogP contribution is 2.55. The summed E-state index contributed by atoms with van der Waals surface area (Å²) in [7, 11) is 0. The minimum absolute atomic E-state index is 0.191. The van der Waals surface area contributed by atoms with Crippen molar-refractivity contribution < 1.29 is 15.0 Å². The molecule has 4 atom stereocenters. The average Bonchev–Trinajstić information content (AvgIpc) is 2.20. The molecule has 3 nitrogen and oxygen atoms in total. The summed E-state index contributed by atoms with van der Waals surface area (Å²) in [6.07, 6.45) is 4.53. The first-order chi connectivity index (χ1) is 7.39. The van der Waals surface area contributed by atoms with E-state index in [1.54, 1.807) is 0 Å². The Labute approximate surface area is 101 Å². The standard InChI is InChI=1S/C12H19ClO3/c1-11-5-2-3-9(13)12(11,16)7-8(4-6-11)10(14)15/h8-9,16H,2-7H2,1H3,(H,14,15)/t8-,9+,11-,12+/m1/s1. The van der Waals surface area contributed by atoms with Gasteiger partial charge in [-0.3, -0.25) is 4.79 Å². The van der Waals surface area contributed by atoms with Crippen molar-refractivity contribution in [2.24, 2.45) is 11.3 Å². The smallest absolute Gasteiger partial charge is 0.306 e. The summed E-state index contributed by atoms with van der Waals surface area (Å²) in [6, 6.07) is 0. The van der Waals surface area contributed by atoms with Crippen LogP contribution in [0.5, 0.6) is 0 Å².